The number of piperazine rings is 1. The maximum Gasteiger partial charge on any atom is 0.334 e. The number of likely N-dealkylation sites (N-methyl/N-ethyl adjacent to an activating group) is 1. The predicted molar refractivity (Wildman–Crippen MR) is 102 cm³/mol. The SMILES string of the molecule is Cc1c(CN2CCN(C)C(C)C2)ccc2onc(-n3ccc(=O)[nH]c3=O)c12. The first-order valence-corrected chi connectivity index (χ1v) is 9.07. The molecule has 0 bridgehead atoms. The first-order chi connectivity index (χ1) is 12.9. The summed E-state index contributed by atoms with van der Waals surface area (Å²) in [5.41, 5.74) is 1.87. The highest BCUT2D eigenvalue weighted by molar-refractivity contribution is 5.88. The molecule has 0 saturated carbocycles. The van der Waals surface area contributed by atoms with E-state index in [1.165, 1.54) is 22.4 Å². The van der Waals surface area contributed by atoms with E-state index in [0.29, 0.717) is 17.4 Å². The van der Waals surface area contributed by atoms with E-state index in [9.17, 15) is 9.59 Å². The van der Waals surface area contributed by atoms with Crippen LogP contribution in [-0.4, -0.2) is 57.2 Å². The largest absolute Gasteiger partial charge is 0.354 e. The molecule has 0 amide bonds. The number of benzene rings is 1. The molecule has 1 unspecified atom stereocenters. The van der Waals surface area contributed by atoms with Crippen LogP contribution in [0.3, 0.4) is 0 Å². The van der Waals surface area contributed by atoms with Crippen molar-refractivity contribution in [3.8, 4) is 5.82 Å². The van der Waals surface area contributed by atoms with Gasteiger partial charge in [-0.15, -0.1) is 0 Å². The van der Waals surface area contributed by atoms with E-state index in [-0.39, 0.29) is 0 Å². The Bertz CT molecular complexity index is 1100. The average molecular weight is 369 g/mol. The van der Waals surface area contributed by atoms with E-state index >= 15 is 0 Å². The minimum absolute atomic E-state index is 0.400. The molecule has 1 atom stereocenters. The van der Waals surface area contributed by atoms with E-state index in [1.807, 2.05) is 13.0 Å². The predicted octanol–water partition coefficient (Wildman–Crippen LogP) is 1.11. The Hall–Kier alpha value is -2.71. The molecular weight excluding hydrogens is 346 g/mol. The number of fused-ring (bicyclic) bond motifs is 1. The van der Waals surface area contributed by atoms with Gasteiger partial charge in [0.2, 0.25) is 0 Å². The van der Waals surface area contributed by atoms with Crippen LogP contribution in [0.15, 0.2) is 38.5 Å². The standard InChI is InChI=1S/C19H23N5O3/c1-12-10-23(9-8-22(12)3)11-14-4-5-15-17(13(14)2)18(21-27-15)24-7-6-16(25)20-19(24)26/h4-7,12H,8-11H2,1-3H3,(H,20,25,26). The number of nitrogens with one attached hydrogen (secondary N) is 1. The molecule has 1 saturated heterocycles. The van der Waals surface area contributed by atoms with Gasteiger partial charge in [-0.25, -0.2) is 9.36 Å². The Morgan fingerprint density at radius 1 is 1.26 bits per heavy atom. The lowest BCUT2D eigenvalue weighted by atomic mass is 10.0. The van der Waals surface area contributed by atoms with Crippen molar-refractivity contribution in [1.29, 1.82) is 0 Å². The smallest absolute Gasteiger partial charge is 0.334 e. The van der Waals surface area contributed by atoms with Crippen molar-refractivity contribution in [2.75, 3.05) is 26.7 Å². The number of nitrogens with zero attached hydrogens (tertiary/aromatic N) is 4. The highest BCUT2D eigenvalue weighted by Crippen LogP contribution is 2.28. The van der Waals surface area contributed by atoms with E-state index in [4.69, 9.17) is 4.52 Å². The van der Waals surface area contributed by atoms with Crippen molar-refractivity contribution in [3.63, 3.8) is 0 Å². The zero-order valence-corrected chi connectivity index (χ0v) is 15.7. The van der Waals surface area contributed by atoms with Crippen LogP contribution in [0.25, 0.3) is 16.8 Å². The Balaban J connectivity index is 1.73. The van der Waals surface area contributed by atoms with Crippen molar-refractivity contribution in [2.24, 2.45) is 0 Å². The van der Waals surface area contributed by atoms with Gasteiger partial charge in [-0.05, 0) is 38.1 Å². The normalized spacial score (nSPS) is 19.0. The quantitative estimate of drug-likeness (QED) is 0.744. The minimum Gasteiger partial charge on any atom is -0.354 e. The van der Waals surface area contributed by atoms with E-state index in [2.05, 4.69) is 40.0 Å². The monoisotopic (exact) mass is 369 g/mol. The first kappa shape index (κ1) is 17.7. The van der Waals surface area contributed by atoms with Gasteiger partial charge < -0.3 is 9.42 Å². The Morgan fingerprint density at radius 2 is 2.07 bits per heavy atom. The van der Waals surface area contributed by atoms with Crippen molar-refractivity contribution in [3.05, 3.63) is 56.4 Å². The molecule has 1 fully saturated rings. The van der Waals surface area contributed by atoms with Gasteiger partial charge in [-0.1, -0.05) is 11.2 Å². The number of H-pyrrole nitrogens is 1. The third-order valence-electron chi connectivity index (χ3n) is 5.48. The zero-order valence-electron chi connectivity index (χ0n) is 15.7. The Labute approximate surface area is 156 Å². The molecule has 0 spiro atoms. The maximum absolute atomic E-state index is 12.2. The van der Waals surface area contributed by atoms with Gasteiger partial charge in [0, 0.05) is 44.5 Å². The van der Waals surface area contributed by atoms with Gasteiger partial charge in [0.1, 0.15) is 0 Å². The Morgan fingerprint density at radius 3 is 2.81 bits per heavy atom. The topological polar surface area (TPSA) is 87.4 Å². The number of hydrogen-bond acceptors (Lipinski definition) is 6. The summed E-state index contributed by atoms with van der Waals surface area (Å²) in [6, 6.07) is 5.77. The fraction of sp³-hybridized carbons (Fsp3) is 0.421. The van der Waals surface area contributed by atoms with Crippen LogP contribution in [-0.2, 0) is 6.54 Å². The second kappa shape index (κ2) is 6.79. The summed E-state index contributed by atoms with van der Waals surface area (Å²) in [4.78, 5) is 30.6. The van der Waals surface area contributed by atoms with E-state index < -0.39 is 11.2 Å². The molecule has 8 nitrogen and oxygen atoms in total. The molecule has 2 aromatic heterocycles. The van der Waals surface area contributed by atoms with Crippen molar-refractivity contribution in [2.45, 2.75) is 26.4 Å². The molecule has 1 N–H and O–H groups in total. The van der Waals surface area contributed by atoms with Crippen LogP contribution in [0.4, 0.5) is 0 Å². The van der Waals surface area contributed by atoms with Gasteiger partial charge in [0.15, 0.2) is 11.4 Å². The van der Waals surface area contributed by atoms with E-state index in [1.54, 1.807) is 0 Å². The molecule has 0 radical (unpaired) electrons. The van der Waals surface area contributed by atoms with E-state index in [0.717, 1.165) is 37.1 Å². The van der Waals surface area contributed by atoms with Crippen LogP contribution in [0.1, 0.15) is 18.1 Å². The second-order valence-electron chi connectivity index (χ2n) is 7.27. The average Bonchev–Trinajstić information content (AvgIpc) is 3.05. The lowest BCUT2D eigenvalue weighted by Gasteiger charge is -2.37. The summed E-state index contributed by atoms with van der Waals surface area (Å²) in [6.07, 6.45) is 1.42. The van der Waals surface area contributed by atoms with Gasteiger partial charge in [0.25, 0.3) is 5.56 Å². The molecule has 3 aromatic rings. The summed E-state index contributed by atoms with van der Waals surface area (Å²) in [5, 5.41) is 4.87. The van der Waals surface area contributed by atoms with Gasteiger partial charge >= 0.3 is 5.69 Å². The fourth-order valence-electron chi connectivity index (χ4n) is 3.65. The van der Waals surface area contributed by atoms with Gasteiger partial charge in [0.05, 0.1) is 5.39 Å². The summed E-state index contributed by atoms with van der Waals surface area (Å²) in [6.45, 7) is 8.19. The van der Waals surface area contributed by atoms with Crippen LogP contribution in [0.5, 0.6) is 0 Å². The van der Waals surface area contributed by atoms with Crippen molar-refractivity contribution >= 4 is 11.0 Å². The lowest BCUT2D eigenvalue weighted by molar-refractivity contribution is 0.0999. The molecule has 1 aliphatic rings. The highest BCUT2D eigenvalue weighted by atomic mass is 16.5. The summed E-state index contributed by atoms with van der Waals surface area (Å²) >= 11 is 0. The summed E-state index contributed by atoms with van der Waals surface area (Å²) in [7, 11) is 2.16. The summed E-state index contributed by atoms with van der Waals surface area (Å²) < 4.78 is 6.73. The molecule has 1 aromatic carbocycles. The lowest BCUT2D eigenvalue weighted by Crippen LogP contribution is -2.49. The Kier molecular flexibility index (Phi) is 4.45. The molecule has 1 aliphatic heterocycles. The zero-order chi connectivity index (χ0) is 19.1. The fourth-order valence-corrected chi connectivity index (χ4v) is 3.65. The summed E-state index contributed by atoms with van der Waals surface area (Å²) in [5.74, 6) is 0.400. The van der Waals surface area contributed by atoms with Crippen molar-refractivity contribution < 1.29 is 4.52 Å². The molecule has 27 heavy (non-hydrogen) atoms. The van der Waals surface area contributed by atoms with Gasteiger partial charge in [-0.3, -0.25) is 14.7 Å². The third kappa shape index (κ3) is 3.22. The van der Waals surface area contributed by atoms with Gasteiger partial charge in [-0.2, -0.15) is 0 Å². The van der Waals surface area contributed by atoms with Crippen LogP contribution in [0, 0.1) is 6.92 Å². The number of aryl methyl sites for hydroxylation is 1. The first-order valence-electron chi connectivity index (χ1n) is 9.07. The van der Waals surface area contributed by atoms with Crippen LogP contribution >= 0.6 is 0 Å². The second-order valence-corrected chi connectivity index (χ2v) is 7.27. The third-order valence-corrected chi connectivity index (χ3v) is 5.48. The molecule has 8 heteroatoms. The maximum atomic E-state index is 12.2. The van der Waals surface area contributed by atoms with Crippen molar-refractivity contribution in [1.82, 2.24) is 24.5 Å². The molecule has 3 heterocycles. The van der Waals surface area contributed by atoms with Crippen LogP contribution in [0.2, 0.25) is 0 Å². The van der Waals surface area contributed by atoms with Crippen LogP contribution < -0.4 is 11.2 Å². The number of rotatable bonds is 3. The highest BCUT2D eigenvalue weighted by Gasteiger charge is 2.22. The molecule has 0 aliphatic carbocycles. The number of aromatic nitrogens is 3. The number of aromatic amines is 1. The number of hydrogen-bond donors (Lipinski definition) is 1. The molecule has 142 valence electrons. The minimum atomic E-state index is -0.532. The molecular formula is C19H23N5O3. The molecule has 4 rings (SSSR count).